The van der Waals surface area contributed by atoms with Crippen molar-refractivity contribution in [1.82, 2.24) is 0 Å². The molecule has 0 radical (unpaired) electrons. The Morgan fingerprint density at radius 2 is 1.32 bits per heavy atom. The van der Waals surface area contributed by atoms with Gasteiger partial charge in [0.2, 0.25) is 0 Å². The van der Waals surface area contributed by atoms with E-state index in [1.54, 1.807) is 14.2 Å². The Hall–Kier alpha value is -0.0500. The van der Waals surface area contributed by atoms with E-state index in [0.29, 0.717) is 0 Å². The van der Waals surface area contributed by atoms with Crippen LogP contribution in [0.15, 0.2) is 12.2 Å². The molecule has 0 bridgehead atoms. The molecule has 0 N–H and O–H groups in total. The van der Waals surface area contributed by atoms with Crippen molar-refractivity contribution in [3.05, 3.63) is 12.2 Å². The van der Waals surface area contributed by atoms with Gasteiger partial charge in [-0.3, -0.25) is 0 Å². The molecule has 0 atom stereocenters. The molecule has 114 valence electrons. The van der Waals surface area contributed by atoms with E-state index in [1.165, 1.54) is 51.4 Å². The van der Waals surface area contributed by atoms with Crippen molar-refractivity contribution >= 4 is 11.6 Å². The van der Waals surface area contributed by atoms with E-state index in [-0.39, 0.29) is 6.29 Å². The fourth-order valence-corrected chi connectivity index (χ4v) is 2.21. The minimum Gasteiger partial charge on any atom is -0.356 e. The topological polar surface area (TPSA) is 18.5 Å². The highest BCUT2D eigenvalue weighted by Gasteiger charge is 2.03. The standard InChI is InChI=1S/C16H31ClO2/c1-18-16(19-2)14-12-10-8-6-4-3-5-7-9-11-13-15-17/h9,11,16H,3-8,10,12-15H2,1-2H3/b11-9-. The summed E-state index contributed by atoms with van der Waals surface area (Å²) in [6.45, 7) is 0. The molecule has 0 saturated heterocycles. The zero-order valence-electron chi connectivity index (χ0n) is 12.7. The van der Waals surface area contributed by atoms with Crippen LogP contribution in [0.2, 0.25) is 0 Å². The molecule has 0 aliphatic carbocycles. The zero-order valence-corrected chi connectivity index (χ0v) is 13.5. The fraction of sp³-hybridized carbons (Fsp3) is 0.875. The SMILES string of the molecule is COC(CCCCCCCCC/C=C\CCCl)OC. The summed E-state index contributed by atoms with van der Waals surface area (Å²) >= 11 is 5.60. The summed E-state index contributed by atoms with van der Waals surface area (Å²) in [7, 11) is 3.41. The summed E-state index contributed by atoms with van der Waals surface area (Å²) in [6, 6.07) is 0. The van der Waals surface area contributed by atoms with Gasteiger partial charge in [0, 0.05) is 20.1 Å². The Morgan fingerprint density at radius 1 is 0.789 bits per heavy atom. The number of rotatable bonds is 14. The number of halogens is 1. The molecular formula is C16H31ClO2. The van der Waals surface area contributed by atoms with Crippen LogP contribution in [0.1, 0.15) is 64.2 Å². The average Bonchev–Trinajstić information content (AvgIpc) is 2.44. The first-order valence-electron chi connectivity index (χ1n) is 7.61. The van der Waals surface area contributed by atoms with Crippen LogP contribution in [-0.2, 0) is 9.47 Å². The van der Waals surface area contributed by atoms with E-state index in [0.717, 1.165) is 18.7 Å². The van der Waals surface area contributed by atoms with Crippen LogP contribution < -0.4 is 0 Å². The smallest absolute Gasteiger partial charge is 0.156 e. The van der Waals surface area contributed by atoms with Crippen molar-refractivity contribution in [1.29, 1.82) is 0 Å². The van der Waals surface area contributed by atoms with Crippen LogP contribution in [0.4, 0.5) is 0 Å². The first kappa shape index (κ1) is 18.9. The lowest BCUT2D eigenvalue weighted by Gasteiger charge is -2.12. The number of hydrogen-bond donors (Lipinski definition) is 0. The maximum absolute atomic E-state index is 5.60. The van der Waals surface area contributed by atoms with Gasteiger partial charge in [0.15, 0.2) is 6.29 Å². The van der Waals surface area contributed by atoms with Gasteiger partial charge in [0.25, 0.3) is 0 Å². The third-order valence-corrected chi connectivity index (χ3v) is 3.50. The minimum atomic E-state index is -0.0141. The van der Waals surface area contributed by atoms with Crippen LogP contribution in [0.5, 0.6) is 0 Å². The molecule has 3 heteroatoms. The summed E-state index contributed by atoms with van der Waals surface area (Å²) in [5, 5.41) is 0. The molecule has 19 heavy (non-hydrogen) atoms. The van der Waals surface area contributed by atoms with E-state index in [9.17, 15) is 0 Å². The van der Waals surface area contributed by atoms with Gasteiger partial charge in [-0.1, -0.05) is 44.3 Å². The van der Waals surface area contributed by atoms with Crippen molar-refractivity contribution in [3.8, 4) is 0 Å². The minimum absolute atomic E-state index is 0.0141. The van der Waals surface area contributed by atoms with Gasteiger partial charge in [-0.2, -0.15) is 0 Å². The van der Waals surface area contributed by atoms with Crippen molar-refractivity contribution in [3.63, 3.8) is 0 Å². The number of allylic oxidation sites excluding steroid dienone is 2. The van der Waals surface area contributed by atoms with Gasteiger partial charge in [-0.25, -0.2) is 0 Å². The van der Waals surface area contributed by atoms with Crippen LogP contribution in [0.3, 0.4) is 0 Å². The van der Waals surface area contributed by atoms with Gasteiger partial charge in [-0.05, 0) is 32.1 Å². The fourth-order valence-electron chi connectivity index (χ4n) is 2.09. The molecular weight excluding hydrogens is 260 g/mol. The van der Waals surface area contributed by atoms with Crippen molar-refractivity contribution in [2.45, 2.75) is 70.5 Å². The highest BCUT2D eigenvalue weighted by Crippen LogP contribution is 2.12. The third kappa shape index (κ3) is 14.2. The number of methoxy groups -OCH3 is 2. The highest BCUT2D eigenvalue weighted by atomic mass is 35.5. The van der Waals surface area contributed by atoms with E-state index in [2.05, 4.69) is 12.2 Å². The summed E-state index contributed by atoms with van der Waals surface area (Å²) in [6.07, 6.45) is 16.9. The van der Waals surface area contributed by atoms with E-state index in [1.807, 2.05) is 0 Å². The molecule has 0 aliphatic heterocycles. The molecule has 2 nitrogen and oxygen atoms in total. The second kappa shape index (κ2) is 16.0. The summed E-state index contributed by atoms with van der Waals surface area (Å²) in [4.78, 5) is 0. The van der Waals surface area contributed by atoms with Crippen molar-refractivity contribution in [2.75, 3.05) is 20.1 Å². The lowest BCUT2D eigenvalue weighted by molar-refractivity contribution is -0.107. The number of hydrogen-bond acceptors (Lipinski definition) is 2. The Labute approximate surface area is 124 Å². The van der Waals surface area contributed by atoms with Crippen LogP contribution in [0, 0.1) is 0 Å². The molecule has 0 aliphatic rings. The molecule has 0 spiro atoms. The predicted molar refractivity (Wildman–Crippen MR) is 83.8 cm³/mol. The normalized spacial score (nSPS) is 11.8. The molecule has 0 fully saturated rings. The maximum Gasteiger partial charge on any atom is 0.156 e. The van der Waals surface area contributed by atoms with Crippen LogP contribution in [0.25, 0.3) is 0 Å². The van der Waals surface area contributed by atoms with Crippen LogP contribution >= 0.6 is 11.6 Å². The van der Waals surface area contributed by atoms with Gasteiger partial charge >= 0.3 is 0 Å². The van der Waals surface area contributed by atoms with Crippen molar-refractivity contribution < 1.29 is 9.47 Å². The average molecular weight is 291 g/mol. The Kier molecular flexibility index (Phi) is 16.0. The summed E-state index contributed by atoms with van der Waals surface area (Å²) in [5.41, 5.74) is 0. The van der Waals surface area contributed by atoms with Crippen molar-refractivity contribution in [2.24, 2.45) is 0 Å². The first-order valence-corrected chi connectivity index (χ1v) is 8.15. The second-order valence-electron chi connectivity index (χ2n) is 4.90. The Bertz CT molecular complexity index is 191. The number of ether oxygens (including phenoxy) is 2. The first-order chi connectivity index (χ1) is 9.35. The van der Waals surface area contributed by atoms with Crippen LogP contribution in [-0.4, -0.2) is 26.4 Å². The largest absolute Gasteiger partial charge is 0.356 e. The lowest BCUT2D eigenvalue weighted by Crippen LogP contribution is -2.12. The molecule has 0 rings (SSSR count). The van der Waals surface area contributed by atoms with E-state index < -0.39 is 0 Å². The molecule has 0 unspecified atom stereocenters. The zero-order chi connectivity index (χ0) is 14.2. The van der Waals surface area contributed by atoms with Gasteiger partial charge < -0.3 is 9.47 Å². The monoisotopic (exact) mass is 290 g/mol. The van der Waals surface area contributed by atoms with E-state index in [4.69, 9.17) is 21.1 Å². The maximum atomic E-state index is 5.60. The van der Waals surface area contributed by atoms with Gasteiger partial charge in [0.05, 0.1) is 0 Å². The quantitative estimate of drug-likeness (QED) is 0.187. The second-order valence-corrected chi connectivity index (χ2v) is 5.28. The molecule has 0 aromatic carbocycles. The lowest BCUT2D eigenvalue weighted by atomic mass is 10.1. The molecule has 0 saturated carbocycles. The molecule has 0 aromatic rings. The summed E-state index contributed by atoms with van der Waals surface area (Å²) < 4.78 is 10.3. The molecule has 0 heterocycles. The molecule has 0 amide bonds. The predicted octanol–water partition coefficient (Wildman–Crippen LogP) is 5.30. The summed E-state index contributed by atoms with van der Waals surface area (Å²) in [5.74, 6) is 0.740. The van der Waals surface area contributed by atoms with Gasteiger partial charge in [0.1, 0.15) is 0 Å². The van der Waals surface area contributed by atoms with E-state index >= 15 is 0 Å². The van der Waals surface area contributed by atoms with Gasteiger partial charge in [-0.15, -0.1) is 11.6 Å². The Balaban J connectivity index is 3.10. The highest BCUT2D eigenvalue weighted by molar-refractivity contribution is 6.17. The molecule has 0 aromatic heterocycles. The third-order valence-electron chi connectivity index (χ3n) is 3.28. The Morgan fingerprint density at radius 3 is 1.89 bits per heavy atom. The number of alkyl halides is 1. The number of unbranched alkanes of at least 4 members (excludes halogenated alkanes) is 7.